The van der Waals surface area contributed by atoms with Gasteiger partial charge in [0.25, 0.3) is 0 Å². The molecule has 0 unspecified atom stereocenters. The lowest BCUT2D eigenvalue weighted by Gasteiger charge is -2.26. The highest BCUT2D eigenvalue weighted by molar-refractivity contribution is 7.99. The van der Waals surface area contributed by atoms with Gasteiger partial charge in [0.15, 0.2) is 6.61 Å². The fraction of sp³-hybridized carbons (Fsp3) is 0.514. The molecule has 0 fully saturated rings. The van der Waals surface area contributed by atoms with E-state index in [9.17, 15) is 0 Å². The van der Waals surface area contributed by atoms with Gasteiger partial charge in [-0.1, -0.05) is 119 Å². The molecule has 0 atom stereocenters. The molecule has 3 aromatic rings. The van der Waals surface area contributed by atoms with E-state index >= 15 is 0 Å². The third kappa shape index (κ3) is 9.16. The van der Waals surface area contributed by atoms with Crippen molar-refractivity contribution in [2.75, 3.05) is 0 Å². The fourth-order valence-corrected chi connectivity index (χ4v) is 6.48. The van der Waals surface area contributed by atoms with Crippen LogP contribution in [0.25, 0.3) is 0 Å². The summed E-state index contributed by atoms with van der Waals surface area (Å²) in [6, 6.07) is 21.1. The Labute approximate surface area is 254 Å². The Balaban J connectivity index is 1.85. The van der Waals surface area contributed by atoms with Gasteiger partial charge in [0, 0.05) is 26.9 Å². The van der Waals surface area contributed by atoms with Crippen molar-refractivity contribution in [3.63, 3.8) is 0 Å². The second-order valence-electron chi connectivity index (χ2n) is 15.4. The summed E-state index contributed by atoms with van der Waals surface area (Å²) in [6.45, 7) is 27.9. The SMILES string of the molecule is CC(C)(C)c1cc(CSc2cc(C[OH2+])cc(SCc3cc(C(C)(C)C)cc(C(C)(C)C)c3)c2)cc(C(C)(C)C)c1. The predicted octanol–water partition coefficient (Wildman–Crippen LogP) is 10.7. The molecule has 0 bridgehead atoms. The minimum absolute atomic E-state index is 0.118. The van der Waals surface area contributed by atoms with Crippen molar-refractivity contribution in [2.24, 2.45) is 0 Å². The highest BCUT2D eigenvalue weighted by Gasteiger charge is 2.22. The fourth-order valence-electron chi connectivity index (χ4n) is 4.52. The lowest BCUT2D eigenvalue weighted by molar-refractivity contribution is 0.281. The van der Waals surface area contributed by atoms with Gasteiger partial charge in [0.1, 0.15) is 0 Å². The molecule has 0 aliphatic carbocycles. The van der Waals surface area contributed by atoms with E-state index < -0.39 is 0 Å². The van der Waals surface area contributed by atoms with Crippen LogP contribution in [0.3, 0.4) is 0 Å². The molecule has 0 amide bonds. The van der Waals surface area contributed by atoms with Gasteiger partial charge in [-0.3, -0.25) is 0 Å². The van der Waals surface area contributed by atoms with Crippen LogP contribution < -0.4 is 0 Å². The van der Waals surface area contributed by atoms with Gasteiger partial charge in [-0.05, 0) is 73.2 Å². The molecule has 0 spiro atoms. The Kier molecular flexibility index (Phi) is 10.1. The summed E-state index contributed by atoms with van der Waals surface area (Å²) in [5, 5.41) is 8.10. The van der Waals surface area contributed by atoms with E-state index in [2.05, 4.69) is 138 Å². The van der Waals surface area contributed by atoms with Crippen LogP contribution in [-0.4, -0.2) is 5.11 Å². The predicted molar refractivity (Wildman–Crippen MR) is 181 cm³/mol. The standard InChI is InChI=1S/C37H52OS2/c1-34(2,3)28-13-26(14-29(19-28)35(4,5)6)23-39-32-17-25(22-38)18-33(21-32)40-24-27-15-30(36(7,8)9)20-31(16-27)37(10,11)12/h13-21,38H,22-24H2,1-12H3/p+1. The summed E-state index contributed by atoms with van der Waals surface area (Å²) in [5.74, 6) is 1.86. The van der Waals surface area contributed by atoms with Crippen LogP contribution in [-0.2, 0) is 39.8 Å². The maximum atomic E-state index is 8.10. The molecule has 0 saturated heterocycles. The minimum Gasteiger partial charge on any atom is -0.442 e. The van der Waals surface area contributed by atoms with E-state index in [0.29, 0.717) is 6.61 Å². The molecule has 0 aliphatic rings. The van der Waals surface area contributed by atoms with Gasteiger partial charge in [0.05, 0.1) is 0 Å². The second kappa shape index (κ2) is 12.3. The summed E-state index contributed by atoms with van der Waals surface area (Å²) in [5.41, 5.74) is 9.92. The number of benzene rings is 3. The first-order valence-electron chi connectivity index (χ1n) is 14.6. The quantitative estimate of drug-likeness (QED) is 0.206. The summed E-state index contributed by atoms with van der Waals surface area (Å²) in [6.07, 6.45) is 0. The third-order valence-electron chi connectivity index (χ3n) is 7.40. The zero-order valence-corrected chi connectivity index (χ0v) is 28.8. The van der Waals surface area contributed by atoms with Gasteiger partial charge >= 0.3 is 0 Å². The van der Waals surface area contributed by atoms with Crippen molar-refractivity contribution >= 4 is 23.5 Å². The molecular formula is C37H53OS2+. The Morgan fingerprint density at radius 3 is 0.975 bits per heavy atom. The molecular weight excluding hydrogens is 525 g/mol. The van der Waals surface area contributed by atoms with E-state index in [0.717, 1.165) is 17.1 Å². The van der Waals surface area contributed by atoms with Crippen LogP contribution in [0, 0.1) is 0 Å². The van der Waals surface area contributed by atoms with Crippen LogP contribution >= 0.6 is 23.5 Å². The first-order valence-corrected chi connectivity index (χ1v) is 16.6. The lowest BCUT2D eigenvalue weighted by Crippen LogP contribution is -2.17. The van der Waals surface area contributed by atoms with Crippen molar-refractivity contribution in [1.29, 1.82) is 0 Å². The van der Waals surface area contributed by atoms with Gasteiger partial charge < -0.3 is 5.11 Å². The molecule has 3 rings (SSSR count). The molecule has 0 saturated carbocycles. The van der Waals surface area contributed by atoms with Crippen LogP contribution in [0.5, 0.6) is 0 Å². The normalized spacial score (nSPS) is 13.1. The van der Waals surface area contributed by atoms with Gasteiger partial charge in [-0.2, -0.15) is 0 Å². The van der Waals surface area contributed by atoms with Gasteiger partial charge in [0.2, 0.25) is 0 Å². The number of thioether (sulfide) groups is 2. The number of rotatable bonds is 7. The summed E-state index contributed by atoms with van der Waals surface area (Å²) < 4.78 is 0. The van der Waals surface area contributed by atoms with Crippen molar-refractivity contribution in [2.45, 2.75) is 133 Å². The molecule has 0 heterocycles. The summed E-state index contributed by atoms with van der Waals surface area (Å²) in [7, 11) is 0. The smallest absolute Gasteiger partial charge is 0.170 e. The molecule has 40 heavy (non-hydrogen) atoms. The largest absolute Gasteiger partial charge is 0.442 e. The summed E-state index contributed by atoms with van der Waals surface area (Å²) in [4.78, 5) is 2.51. The molecule has 0 aromatic heterocycles. The average Bonchev–Trinajstić information content (AvgIpc) is 2.83. The van der Waals surface area contributed by atoms with Crippen LogP contribution in [0.4, 0.5) is 0 Å². The zero-order valence-electron chi connectivity index (χ0n) is 27.1. The molecule has 0 aliphatic heterocycles. The Morgan fingerprint density at radius 2 is 0.725 bits per heavy atom. The zero-order chi connectivity index (χ0) is 30.1. The lowest BCUT2D eigenvalue weighted by atomic mass is 9.80. The van der Waals surface area contributed by atoms with E-state index in [1.54, 1.807) is 0 Å². The van der Waals surface area contributed by atoms with Crippen LogP contribution in [0.2, 0.25) is 0 Å². The van der Waals surface area contributed by atoms with Gasteiger partial charge in [-0.25, -0.2) is 0 Å². The Bertz CT molecular complexity index is 1150. The topological polar surface area (TPSA) is 22.9 Å². The first kappa shape index (κ1) is 32.8. The average molecular weight is 578 g/mol. The molecule has 1 nitrogen and oxygen atoms in total. The minimum atomic E-state index is 0.118. The van der Waals surface area contributed by atoms with E-state index in [4.69, 9.17) is 5.11 Å². The monoisotopic (exact) mass is 577 g/mol. The molecule has 2 N–H and O–H groups in total. The summed E-state index contributed by atoms with van der Waals surface area (Å²) >= 11 is 3.79. The van der Waals surface area contributed by atoms with Crippen molar-refractivity contribution in [3.05, 3.63) is 93.5 Å². The number of hydrogen-bond acceptors (Lipinski definition) is 2. The first-order chi connectivity index (χ1) is 18.3. The Morgan fingerprint density at radius 1 is 0.425 bits per heavy atom. The maximum Gasteiger partial charge on any atom is 0.170 e. The van der Waals surface area contributed by atoms with Crippen LogP contribution in [0.1, 0.15) is 122 Å². The van der Waals surface area contributed by atoms with E-state index in [-0.39, 0.29) is 21.7 Å². The highest BCUT2D eigenvalue weighted by Crippen LogP contribution is 2.36. The van der Waals surface area contributed by atoms with E-state index in [1.165, 1.54) is 43.2 Å². The van der Waals surface area contributed by atoms with Crippen molar-refractivity contribution in [1.82, 2.24) is 0 Å². The number of hydrogen-bond donors (Lipinski definition) is 0. The third-order valence-corrected chi connectivity index (χ3v) is 9.50. The van der Waals surface area contributed by atoms with E-state index in [1.807, 2.05) is 23.5 Å². The highest BCUT2D eigenvalue weighted by atomic mass is 32.2. The molecule has 218 valence electrons. The second-order valence-corrected chi connectivity index (χ2v) is 17.5. The molecule has 3 heteroatoms. The van der Waals surface area contributed by atoms with Crippen molar-refractivity contribution in [3.8, 4) is 0 Å². The Hall–Kier alpha value is -1.68. The maximum absolute atomic E-state index is 8.10. The van der Waals surface area contributed by atoms with Crippen molar-refractivity contribution < 1.29 is 5.11 Å². The van der Waals surface area contributed by atoms with Crippen LogP contribution in [0.15, 0.2) is 64.4 Å². The molecule has 0 radical (unpaired) electrons. The molecule has 3 aromatic carbocycles. The van der Waals surface area contributed by atoms with Gasteiger partial charge in [-0.15, -0.1) is 23.5 Å².